The molecule has 0 spiro atoms. The van der Waals surface area contributed by atoms with Crippen LogP contribution in [0.4, 0.5) is 5.82 Å². The summed E-state index contributed by atoms with van der Waals surface area (Å²) in [6.07, 6.45) is 5.68. The molecule has 4 heteroatoms. The van der Waals surface area contributed by atoms with Crippen LogP contribution in [0.15, 0.2) is 12.7 Å². The number of nitrogens with zero attached hydrogens (tertiary/aromatic N) is 2. The van der Waals surface area contributed by atoms with Crippen LogP contribution in [0.2, 0.25) is 0 Å². The molecule has 1 aliphatic carbocycles. The lowest BCUT2D eigenvalue weighted by Gasteiger charge is -2.08. The number of anilines is 1. The zero-order valence-corrected chi connectivity index (χ0v) is 10.9. The summed E-state index contributed by atoms with van der Waals surface area (Å²) in [4.78, 5) is 4.85. The second kappa shape index (κ2) is 4.41. The number of nitrogens with two attached hydrogens (primary N) is 1. The van der Waals surface area contributed by atoms with E-state index in [0.717, 1.165) is 18.1 Å². The molecule has 92 valence electrons. The van der Waals surface area contributed by atoms with Gasteiger partial charge in [-0.2, -0.15) is 11.8 Å². The second-order valence-electron chi connectivity index (χ2n) is 4.97. The minimum absolute atomic E-state index is 0.573. The number of imidazole rings is 1. The summed E-state index contributed by atoms with van der Waals surface area (Å²) < 4.78 is 2.17. The van der Waals surface area contributed by atoms with E-state index in [1.54, 1.807) is 0 Å². The van der Waals surface area contributed by atoms with Crippen LogP contribution in [0.25, 0.3) is 0 Å². The normalized spacial score (nSPS) is 24.1. The van der Waals surface area contributed by atoms with Crippen molar-refractivity contribution in [3.05, 3.63) is 24.2 Å². The van der Waals surface area contributed by atoms with E-state index in [4.69, 9.17) is 10.7 Å². The van der Waals surface area contributed by atoms with Gasteiger partial charge in [0.1, 0.15) is 11.6 Å². The van der Waals surface area contributed by atoms with Gasteiger partial charge in [0.05, 0.1) is 5.69 Å². The Balaban J connectivity index is 1.97. The first-order valence-corrected chi connectivity index (χ1v) is 7.51. The van der Waals surface area contributed by atoms with Gasteiger partial charge in [0.25, 0.3) is 0 Å². The Hall–Kier alpha value is -0.900. The Labute approximate surface area is 106 Å². The molecule has 1 saturated heterocycles. The molecule has 1 aromatic rings. The number of hydrogen-bond acceptors (Lipinski definition) is 3. The Morgan fingerprint density at radius 1 is 1.41 bits per heavy atom. The van der Waals surface area contributed by atoms with Crippen molar-refractivity contribution < 1.29 is 0 Å². The minimum atomic E-state index is 0.573. The zero-order valence-electron chi connectivity index (χ0n) is 10.1. The van der Waals surface area contributed by atoms with E-state index in [2.05, 4.69) is 11.1 Å². The van der Waals surface area contributed by atoms with Crippen molar-refractivity contribution in [1.29, 1.82) is 0 Å². The van der Waals surface area contributed by atoms with Gasteiger partial charge in [-0.3, -0.25) is 0 Å². The van der Waals surface area contributed by atoms with Gasteiger partial charge in [0.15, 0.2) is 0 Å². The molecule has 3 nitrogen and oxygen atoms in total. The lowest BCUT2D eigenvalue weighted by molar-refractivity contribution is 0.746. The number of hydrogen-bond donors (Lipinski definition) is 1. The minimum Gasteiger partial charge on any atom is -0.384 e. The van der Waals surface area contributed by atoms with Crippen LogP contribution in [0.5, 0.6) is 0 Å². The van der Waals surface area contributed by atoms with Gasteiger partial charge in [-0.25, -0.2) is 4.98 Å². The maximum absolute atomic E-state index is 6.28. The second-order valence-corrected chi connectivity index (χ2v) is 6.12. The maximum Gasteiger partial charge on any atom is 0.127 e. The molecule has 1 saturated carbocycles. The summed E-state index contributed by atoms with van der Waals surface area (Å²) in [7, 11) is 0. The molecule has 1 unspecified atom stereocenters. The monoisotopic (exact) mass is 249 g/mol. The molecule has 1 aliphatic heterocycles. The van der Waals surface area contributed by atoms with Gasteiger partial charge in [-0.15, -0.1) is 6.58 Å². The van der Waals surface area contributed by atoms with Crippen LogP contribution >= 0.6 is 11.8 Å². The molecule has 2 fully saturated rings. The fraction of sp³-hybridized carbons (Fsp3) is 0.615. The first kappa shape index (κ1) is 11.2. The number of aromatic nitrogens is 2. The molecule has 17 heavy (non-hydrogen) atoms. The summed E-state index contributed by atoms with van der Waals surface area (Å²) in [5.41, 5.74) is 7.43. The van der Waals surface area contributed by atoms with Crippen molar-refractivity contribution >= 4 is 17.6 Å². The third-order valence-electron chi connectivity index (χ3n) is 3.64. The van der Waals surface area contributed by atoms with Gasteiger partial charge in [-0.05, 0) is 25.0 Å². The van der Waals surface area contributed by atoms with Crippen molar-refractivity contribution in [3.8, 4) is 0 Å². The first-order chi connectivity index (χ1) is 8.31. The van der Waals surface area contributed by atoms with E-state index < -0.39 is 0 Å². The molecule has 0 aromatic carbocycles. The van der Waals surface area contributed by atoms with Gasteiger partial charge >= 0.3 is 0 Å². The van der Waals surface area contributed by atoms with Gasteiger partial charge in [0, 0.05) is 24.1 Å². The Morgan fingerprint density at radius 3 is 2.82 bits per heavy atom. The standard InChI is InChI=1S/C13H19N3S/c1-2-6-16-12(14)11(10-5-7-17-8-10)15-13(16)9-3-4-9/h2,9-10H,1,3-8,14H2. The molecule has 0 radical (unpaired) electrons. The summed E-state index contributed by atoms with van der Waals surface area (Å²) in [6.45, 7) is 4.61. The van der Waals surface area contributed by atoms with Crippen molar-refractivity contribution in [2.75, 3.05) is 17.2 Å². The Morgan fingerprint density at radius 2 is 2.24 bits per heavy atom. The lowest BCUT2D eigenvalue weighted by atomic mass is 10.1. The summed E-state index contributed by atoms with van der Waals surface area (Å²) in [5, 5.41) is 0. The average Bonchev–Trinajstić information content (AvgIpc) is 2.92. The van der Waals surface area contributed by atoms with Crippen LogP contribution in [0, 0.1) is 0 Å². The van der Waals surface area contributed by atoms with Crippen LogP contribution < -0.4 is 5.73 Å². The van der Waals surface area contributed by atoms with Gasteiger partial charge in [-0.1, -0.05) is 6.08 Å². The smallest absolute Gasteiger partial charge is 0.127 e. The molecule has 1 aromatic heterocycles. The highest BCUT2D eigenvalue weighted by molar-refractivity contribution is 7.99. The zero-order chi connectivity index (χ0) is 11.8. The van der Waals surface area contributed by atoms with E-state index in [9.17, 15) is 0 Å². The highest BCUT2D eigenvalue weighted by atomic mass is 32.2. The molecular formula is C13H19N3S. The van der Waals surface area contributed by atoms with E-state index in [1.807, 2.05) is 17.8 Å². The van der Waals surface area contributed by atoms with E-state index in [1.165, 1.54) is 36.6 Å². The molecular weight excluding hydrogens is 230 g/mol. The van der Waals surface area contributed by atoms with Crippen molar-refractivity contribution in [2.24, 2.45) is 0 Å². The van der Waals surface area contributed by atoms with Gasteiger partial charge in [0.2, 0.25) is 0 Å². The van der Waals surface area contributed by atoms with Crippen LogP contribution in [-0.2, 0) is 6.54 Å². The topological polar surface area (TPSA) is 43.8 Å². The quantitative estimate of drug-likeness (QED) is 0.834. The predicted octanol–water partition coefficient (Wildman–Crippen LogP) is 2.75. The molecule has 2 aliphatic rings. The van der Waals surface area contributed by atoms with E-state index in [0.29, 0.717) is 11.8 Å². The highest BCUT2D eigenvalue weighted by Crippen LogP contribution is 2.43. The van der Waals surface area contributed by atoms with Gasteiger partial charge < -0.3 is 10.3 Å². The summed E-state index contributed by atoms with van der Waals surface area (Å²) in [6, 6.07) is 0. The van der Waals surface area contributed by atoms with Crippen molar-refractivity contribution in [2.45, 2.75) is 37.6 Å². The van der Waals surface area contributed by atoms with Crippen LogP contribution in [-0.4, -0.2) is 21.1 Å². The highest BCUT2D eigenvalue weighted by Gasteiger charge is 2.32. The first-order valence-electron chi connectivity index (χ1n) is 6.35. The number of allylic oxidation sites excluding steroid dienone is 1. The molecule has 2 N–H and O–H groups in total. The predicted molar refractivity (Wildman–Crippen MR) is 73.5 cm³/mol. The molecule has 3 rings (SSSR count). The number of rotatable bonds is 4. The molecule has 0 bridgehead atoms. The fourth-order valence-corrected chi connectivity index (χ4v) is 3.75. The van der Waals surface area contributed by atoms with Crippen LogP contribution in [0.3, 0.4) is 0 Å². The lowest BCUT2D eigenvalue weighted by Crippen LogP contribution is -2.06. The van der Waals surface area contributed by atoms with Crippen molar-refractivity contribution in [3.63, 3.8) is 0 Å². The fourth-order valence-electron chi connectivity index (χ4n) is 2.53. The molecule has 1 atom stereocenters. The van der Waals surface area contributed by atoms with E-state index >= 15 is 0 Å². The third kappa shape index (κ3) is 1.99. The summed E-state index contributed by atoms with van der Waals surface area (Å²) in [5.74, 6) is 5.74. The molecule has 2 heterocycles. The third-order valence-corrected chi connectivity index (χ3v) is 4.80. The Bertz CT molecular complexity index is 428. The summed E-state index contributed by atoms with van der Waals surface area (Å²) >= 11 is 2.01. The SMILES string of the molecule is C=CCn1c(C2CC2)nc(C2CCSC2)c1N. The Kier molecular flexibility index (Phi) is 2.90. The van der Waals surface area contributed by atoms with E-state index in [-0.39, 0.29) is 0 Å². The number of nitrogen functional groups attached to an aromatic ring is 1. The van der Waals surface area contributed by atoms with Crippen LogP contribution in [0.1, 0.15) is 42.6 Å². The largest absolute Gasteiger partial charge is 0.384 e. The number of thioether (sulfide) groups is 1. The molecule has 0 amide bonds. The maximum atomic E-state index is 6.28. The average molecular weight is 249 g/mol. The van der Waals surface area contributed by atoms with Crippen molar-refractivity contribution in [1.82, 2.24) is 9.55 Å².